The number of pyridine rings is 1. The number of aromatic nitrogens is 3. The van der Waals surface area contributed by atoms with Crippen LogP contribution in [0.5, 0.6) is 0 Å². The van der Waals surface area contributed by atoms with Crippen LogP contribution in [0.1, 0.15) is 21.6 Å². The summed E-state index contributed by atoms with van der Waals surface area (Å²) in [6, 6.07) is 9.64. The van der Waals surface area contributed by atoms with Gasteiger partial charge in [0.15, 0.2) is 5.78 Å². The van der Waals surface area contributed by atoms with Gasteiger partial charge in [-0.1, -0.05) is 6.07 Å². The van der Waals surface area contributed by atoms with Crippen molar-refractivity contribution in [3.63, 3.8) is 0 Å². The van der Waals surface area contributed by atoms with Crippen molar-refractivity contribution < 1.29 is 9.18 Å². The zero-order valence-electron chi connectivity index (χ0n) is 12.5. The highest BCUT2D eigenvalue weighted by Crippen LogP contribution is 2.16. The van der Waals surface area contributed by atoms with Crippen LogP contribution in [0.25, 0.3) is 11.8 Å². The molecule has 0 bridgehead atoms. The topological polar surface area (TPSA) is 47.8 Å². The zero-order chi connectivity index (χ0) is 16.2. The molecular weight excluding hydrogens is 293 g/mol. The molecular formula is C18H14FN3O. The lowest BCUT2D eigenvalue weighted by atomic mass is 10.1. The van der Waals surface area contributed by atoms with Crippen LogP contribution < -0.4 is 0 Å². The first-order valence-corrected chi connectivity index (χ1v) is 7.08. The highest BCUT2D eigenvalue weighted by Gasteiger charge is 2.13. The molecule has 1 aromatic carbocycles. The molecule has 0 saturated heterocycles. The summed E-state index contributed by atoms with van der Waals surface area (Å²) in [4.78, 5) is 16.3. The molecule has 0 amide bonds. The van der Waals surface area contributed by atoms with Gasteiger partial charge in [0.05, 0.1) is 23.1 Å². The van der Waals surface area contributed by atoms with E-state index in [1.807, 2.05) is 19.1 Å². The van der Waals surface area contributed by atoms with Crippen LogP contribution in [-0.2, 0) is 0 Å². The summed E-state index contributed by atoms with van der Waals surface area (Å²) in [7, 11) is 0. The second-order valence-corrected chi connectivity index (χ2v) is 5.02. The Morgan fingerprint density at radius 3 is 2.65 bits per heavy atom. The fourth-order valence-corrected chi connectivity index (χ4v) is 2.23. The van der Waals surface area contributed by atoms with E-state index in [2.05, 4.69) is 10.1 Å². The Kier molecular flexibility index (Phi) is 4.10. The van der Waals surface area contributed by atoms with E-state index < -0.39 is 0 Å². The van der Waals surface area contributed by atoms with Crippen molar-refractivity contribution in [3.8, 4) is 5.69 Å². The lowest BCUT2D eigenvalue weighted by Crippen LogP contribution is -2.01. The van der Waals surface area contributed by atoms with Gasteiger partial charge in [-0.25, -0.2) is 9.07 Å². The Bertz CT molecular complexity index is 852. The molecule has 0 aliphatic heterocycles. The summed E-state index contributed by atoms with van der Waals surface area (Å²) in [5.74, 6) is -0.450. The number of allylic oxidation sites excluding steroid dienone is 1. The molecule has 0 N–H and O–H groups in total. The van der Waals surface area contributed by atoms with Crippen LogP contribution in [-0.4, -0.2) is 20.5 Å². The van der Waals surface area contributed by atoms with E-state index in [1.165, 1.54) is 24.4 Å². The average Bonchev–Trinajstić information content (AvgIpc) is 2.96. The molecule has 0 aliphatic carbocycles. The van der Waals surface area contributed by atoms with Crippen LogP contribution in [0, 0.1) is 12.7 Å². The van der Waals surface area contributed by atoms with Gasteiger partial charge in [0, 0.05) is 12.4 Å². The highest BCUT2D eigenvalue weighted by atomic mass is 19.1. The third-order valence-electron chi connectivity index (χ3n) is 3.46. The molecule has 3 aromatic rings. The quantitative estimate of drug-likeness (QED) is 0.546. The van der Waals surface area contributed by atoms with E-state index in [1.54, 1.807) is 35.3 Å². The molecule has 114 valence electrons. The standard InChI is InChI=1S/C18H14FN3O/c1-13-17(18(23)9-4-14-3-2-10-20-11-14)12-21-22(13)16-7-5-15(19)6-8-16/h2-12H,1H3/b9-4+. The number of rotatable bonds is 4. The van der Waals surface area contributed by atoms with Gasteiger partial charge in [0.2, 0.25) is 0 Å². The van der Waals surface area contributed by atoms with Gasteiger partial charge in [-0.05, 0) is 55.0 Å². The van der Waals surface area contributed by atoms with E-state index in [9.17, 15) is 9.18 Å². The SMILES string of the molecule is Cc1c(C(=O)/C=C/c2cccnc2)cnn1-c1ccc(F)cc1. The highest BCUT2D eigenvalue weighted by molar-refractivity contribution is 6.07. The minimum atomic E-state index is -0.311. The number of carbonyl (C=O) groups excluding carboxylic acids is 1. The number of hydrogen-bond acceptors (Lipinski definition) is 3. The number of hydrogen-bond donors (Lipinski definition) is 0. The average molecular weight is 307 g/mol. The van der Waals surface area contributed by atoms with Crippen LogP contribution in [0.4, 0.5) is 4.39 Å². The maximum absolute atomic E-state index is 13.0. The summed E-state index contributed by atoms with van der Waals surface area (Å²) in [6.45, 7) is 1.81. The third kappa shape index (κ3) is 3.23. The molecule has 0 aliphatic rings. The number of ketones is 1. The molecule has 3 rings (SSSR count). The Hall–Kier alpha value is -3.08. The number of halogens is 1. The van der Waals surface area contributed by atoms with Crippen molar-refractivity contribution in [1.82, 2.24) is 14.8 Å². The van der Waals surface area contributed by atoms with Crippen LogP contribution in [0.2, 0.25) is 0 Å². The van der Waals surface area contributed by atoms with Gasteiger partial charge in [-0.15, -0.1) is 0 Å². The van der Waals surface area contributed by atoms with Crippen molar-refractivity contribution in [2.24, 2.45) is 0 Å². The molecule has 23 heavy (non-hydrogen) atoms. The molecule has 0 saturated carbocycles. The molecule has 0 atom stereocenters. The molecule has 2 aromatic heterocycles. The van der Waals surface area contributed by atoms with Gasteiger partial charge in [-0.2, -0.15) is 5.10 Å². The monoisotopic (exact) mass is 307 g/mol. The predicted octanol–water partition coefficient (Wildman–Crippen LogP) is 3.61. The molecule has 0 spiro atoms. The molecule has 4 nitrogen and oxygen atoms in total. The number of benzene rings is 1. The van der Waals surface area contributed by atoms with Crippen molar-refractivity contribution in [3.05, 3.63) is 83.7 Å². The second kappa shape index (κ2) is 6.36. The summed E-state index contributed by atoms with van der Waals surface area (Å²) >= 11 is 0. The lowest BCUT2D eigenvalue weighted by Gasteiger charge is -2.04. The zero-order valence-corrected chi connectivity index (χ0v) is 12.5. The van der Waals surface area contributed by atoms with E-state index in [0.717, 1.165) is 5.56 Å². The lowest BCUT2D eigenvalue weighted by molar-refractivity contribution is 0.104. The first-order chi connectivity index (χ1) is 11.1. The summed E-state index contributed by atoms with van der Waals surface area (Å²) in [6.07, 6.45) is 8.09. The van der Waals surface area contributed by atoms with E-state index in [-0.39, 0.29) is 11.6 Å². The largest absolute Gasteiger partial charge is 0.289 e. The molecule has 0 fully saturated rings. The number of nitrogens with zero attached hydrogens (tertiary/aromatic N) is 3. The van der Waals surface area contributed by atoms with Crippen LogP contribution >= 0.6 is 0 Å². The molecule has 0 unspecified atom stereocenters. The van der Waals surface area contributed by atoms with Gasteiger partial charge in [-0.3, -0.25) is 9.78 Å². The Balaban J connectivity index is 1.85. The van der Waals surface area contributed by atoms with Gasteiger partial charge < -0.3 is 0 Å². The fourth-order valence-electron chi connectivity index (χ4n) is 2.23. The van der Waals surface area contributed by atoms with Gasteiger partial charge in [0.1, 0.15) is 5.82 Å². The maximum Gasteiger partial charge on any atom is 0.189 e. The third-order valence-corrected chi connectivity index (χ3v) is 3.46. The molecule has 5 heteroatoms. The Labute approximate surface area is 132 Å². The Morgan fingerprint density at radius 1 is 1.17 bits per heavy atom. The van der Waals surface area contributed by atoms with Crippen molar-refractivity contribution in [1.29, 1.82) is 0 Å². The Morgan fingerprint density at radius 2 is 1.96 bits per heavy atom. The first kappa shape index (κ1) is 14.8. The maximum atomic E-state index is 13.0. The number of carbonyl (C=O) groups is 1. The smallest absolute Gasteiger partial charge is 0.189 e. The molecule has 0 radical (unpaired) electrons. The molecule has 2 heterocycles. The van der Waals surface area contributed by atoms with Gasteiger partial charge in [0.25, 0.3) is 0 Å². The minimum absolute atomic E-state index is 0.139. The fraction of sp³-hybridized carbons (Fsp3) is 0.0556. The van der Waals surface area contributed by atoms with Crippen molar-refractivity contribution >= 4 is 11.9 Å². The minimum Gasteiger partial charge on any atom is -0.289 e. The van der Waals surface area contributed by atoms with Crippen molar-refractivity contribution in [2.75, 3.05) is 0 Å². The second-order valence-electron chi connectivity index (χ2n) is 5.02. The van der Waals surface area contributed by atoms with Crippen LogP contribution in [0.3, 0.4) is 0 Å². The van der Waals surface area contributed by atoms with E-state index >= 15 is 0 Å². The van der Waals surface area contributed by atoms with E-state index in [0.29, 0.717) is 16.9 Å². The summed E-state index contributed by atoms with van der Waals surface area (Å²) in [5, 5.41) is 4.22. The predicted molar refractivity (Wildman–Crippen MR) is 85.9 cm³/mol. The van der Waals surface area contributed by atoms with Crippen LogP contribution in [0.15, 0.2) is 61.1 Å². The normalized spacial score (nSPS) is 11.0. The van der Waals surface area contributed by atoms with Gasteiger partial charge >= 0.3 is 0 Å². The summed E-state index contributed by atoms with van der Waals surface area (Å²) < 4.78 is 14.6. The van der Waals surface area contributed by atoms with E-state index in [4.69, 9.17) is 0 Å². The first-order valence-electron chi connectivity index (χ1n) is 7.08. The summed E-state index contributed by atoms with van der Waals surface area (Å²) in [5.41, 5.74) is 2.77. The van der Waals surface area contributed by atoms with Crippen molar-refractivity contribution in [2.45, 2.75) is 6.92 Å².